The van der Waals surface area contributed by atoms with E-state index in [9.17, 15) is 9.59 Å². The predicted molar refractivity (Wildman–Crippen MR) is 57.7 cm³/mol. The molecular weight excluding hydrogens is 196 g/mol. The van der Waals surface area contributed by atoms with E-state index < -0.39 is 18.0 Å². The molecule has 0 aromatic heterocycles. The van der Waals surface area contributed by atoms with E-state index in [-0.39, 0.29) is 0 Å². The number of rotatable bonds is 5. The summed E-state index contributed by atoms with van der Waals surface area (Å²) in [5, 5.41) is 13.6. The molecule has 0 spiro atoms. The first-order chi connectivity index (χ1) is 6.97. The second kappa shape index (κ2) is 6.86. The van der Waals surface area contributed by atoms with E-state index in [1.54, 1.807) is 6.92 Å². The predicted octanol–water partition coefficient (Wildman–Crippen LogP) is 1.11. The summed E-state index contributed by atoms with van der Waals surface area (Å²) in [4.78, 5) is 21.8. The molecule has 0 aliphatic carbocycles. The molecule has 0 unspecified atom stereocenters. The molecule has 0 rings (SSSR count). The summed E-state index contributed by atoms with van der Waals surface area (Å²) in [6, 6.07) is -1.28. The highest BCUT2D eigenvalue weighted by molar-refractivity contribution is 5.82. The van der Waals surface area contributed by atoms with Gasteiger partial charge < -0.3 is 15.7 Å². The Labute approximate surface area is 89.6 Å². The van der Waals surface area contributed by atoms with Crippen molar-refractivity contribution < 1.29 is 14.7 Å². The monoisotopic (exact) mass is 214 g/mol. The van der Waals surface area contributed by atoms with Gasteiger partial charge in [0.05, 0.1) is 0 Å². The third-order valence-corrected chi connectivity index (χ3v) is 1.78. The van der Waals surface area contributed by atoms with Gasteiger partial charge in [-0.2, -0.15) is 0 Å². The molecule has 1 atom stereocenters. The lowest BCUT2D eigenvalue weighted by Gasteiger charge is -2.12. The van der Waals surface area contributed by atoms with Gasteiger partial charge in [0.15, 0.2) is 0 Å². The summed E-state index contributed by atoms with van der Waals surface area (Å²) in [6.07, 6.45) is 2.21. The second-order valence-corrected chi connectivity index (χ2v) is 3.43. The Balaban J connectivity index is 3.92. The van der Waals surface area contributed by atoms with E-state index in [1.165, 1.54) is 0 Å². The number of amides is 2. The molecule has 0 radical (unpaired) electrons. The van der Waals surface area contributed by atoms with Crippen LogP contribution in [0.1, 0.15) is 27.2 Å². The zero-order valence-corrected chi connectivity index (χ0v) is 9.33. The quantitative estimate of drug-likeness (QED) is 0.600. The molecule has 0 bridgehead atoms. The van der Waals surface area contributed by atoms with E-state index in [0.29, 0.717) is 13.0 Å². The maximum atomic E-state index is 11.2. The fraction of sp³-hybridized carbons (Fsp3) is 0.600. The van der Waals surface area contributed by atoms with Gasteiger partial charge in [0.1, 0.15) is 6.04 Å². The smallest absolute Gasteiger partial charge is 0.326 e. The second-order valence-electron chi connectivity index (χ2n) is 3.43. The number of carbonyl (C=O) groups is 2. The highest BCUT2D eigenvalue weighted by atomic mass is 16.4. The van der Waals surface area contributed by atoms with Gasteiger partial charge in [0, 0.05) is 6.54 Å². The highest BCUT2D eigenvalue weighted by Gasteiger charge is 2.16. The van der Waals surface area contributed by atoms with E-state index in [2.05, 4.69) is 10.6 Å². The van der Waals surface area contributed by atoms with Gasteiger partial charge in [0.2, 0.25) is 0 Å². The summed E-state index contributed by atoms with van der Waals surface area (Å²) >= 11 is 0. The number of aliphatic carboxylic acids is 1. The Morgan fingerprint density at radius 2 is 2.00 bits per heavy atom. The van der Waals surface area contributed by atoms with Crippen LogP contribution in [0, 0.1) is 0 Å². The van der Waals surface area contributed by atoms with Crippen LogP contribution in [0.25, 0.3) is 0 Å². The summed E-state index contributed by atoms with van der Waals surface area (Å²) in [5.41, 5.74) is 1.10. The summed E-state index contributed by atoms with van der Waals surface area (Å²) in [6.45, 7) is 5.96. The molecule has 0 aliphatic heterocycles. The molecular formula is C10H18N2O3. The van der Waals surface area contributed by atoms with Crippen LogP contribution in [0.15, 0.2) is 11.6 Å². The first kappa shape index (κ1) is 13.5. The number of hydrogen-bond acceptors (Lipinski definition) is 2. The van der Waals surface area contributed by atoms with Gasteiger partial charge in [-0.15, -0.1) is 0 Å². The average Bonchev–Trinajstić information content (AvgIpc) is 2.13. The van der Waals surface area contributed by atoms with Gasteiger partial charge in [-0.3, -0.25) is 0 Å². The summed E-state index contributed by atoms with van der Waals surface area (Å²) in [7, 11) is 0. The molecule has 0 aromatic carbocycles. The van der Waals surface area contributed by atoms with Crippen molar-refractivity contribution in [2.45, 2.75) is 33.2 Å². The van der Waals surface area contributed by atoms with Crippen LogP contribution in [0.4, 0.5) is 4.79 Å². The Hall–Kier alpha value is -1.52. The largest absolute Gasteiger partial charge is 0.480 e. The van der Waals surface area contributed by atoms with E-state index in [0.717, 1.165) is 5.57 Å². The Morgan fingerprint density at radius 3 is 2.40 bits per heavy atom. The van der Waals surface area contributed by atoms with Crippen molar-refractivity contribution in [3.05, 3.63) is 11.6 Å². The average molecular weight is 214 g/mol. The fourth-order valence-electron chi connectivity index (χ4n) is 0.896. The van der Waals surface area contributed by atoms with Crippen molar-refractivity contribution in [3.63, 3.8) is 0 Å². The van der Waals surface area contributed by atoms with Crippen LogP contribution in [-0.4, -0.2) is 29.7 Å². The van der Waals surface area contributed by atoms with Gasteiger partial charge in [-0.05, 0) is 20.3 Å². The standard InChI is InChI=1S/C10H18N2O3/c1-4-8(9(13)14)12-10(15)11-6-5-7(2)3/h5,8H,4,6H2,1-3H3,(H,13,14)(H2,11,12,15)/t8-/m0/s1. The minimum atomic E-state index is -1.02. The number of hydrogen-bond donors (Lipinski definition) is 3. The molecule has 0 aliphatic rings. The molecule has 0 aromatic rings. The van der Waals surface area contributed by atoms with Crippen molar-refractivity contribution in [1.29, 1.82) is 0 Å². The minimum absolute atomic E-state index is 0.366. The molecule has 0 heterocycles. The number of carbonyl (C=O) groups excluding carboxylic acids is 1. The molecule has 0 saturated carbocycles. The molecule has 5 nitrogen and oxygen atoms in total. The number of carboxylic acid groups (broad SMARTS) is 1. The van der Waals surface area contributed by atoms with Crippen LogP contribution < -0.4 is 10.6 Å². The lowest BCUT2D eigenvalue weighted by Crippen LogP contribution is -2.45. The lowest BCUT2D eigenvalue weighted by atomic mass is 10.2. The molecule has 3 N–H and O–H groups in total. The molecule has 86 valence electrons. The van der Waals surface area contributed by atoms with Gasteiger partial charge in [-0.25, -0.2) is 9.59 Å². The van der Waals surface area contributed by atoms with E-state index >= 15 is 0 Å². The van der Waals surface area contributed by atoms with Crippen LogP contribution in [0.5, 0.6) is 0 Å². The first-order valence-electron chi connectivity index (χ1n) is 4.88. The third-order valence-electron chi connectivity index (χ3n) is 1.78. The Kier molecular flexibility index (Phi) is 6.17. The van der Waals surface area contributed by atoms with E-state index in [4.69, 9.17) is 5.11 Å². The topological polar surface area (TPSA) is 78.4 Å². The van der Waals surface area contributed by atoms with Crippen molar-refractivity contribution in [3.8, 4) is 0 Å². The van der Waals surface area contributed by atoms with Crippen LogP contribution in [0.2, 0.25) is 0 Å². The zero-order chi connectivity index (χ0) is 11.8. The van der Waals surface area contributed by atoms with Crippen molar-refractivity contribution in [1.82, 2.24) is 10.6 Å². The number of nitrogens with one attached hydrogen (secondary N) is 2. The van der Waals surface area contributed by atoms with Crippen LogP contribution in [-0.2, 0) is 4.79 Å². The molecule has 0 fully saturated rings. The number of carboxylic acids is 1. The van der Waals surface area contributed by atoms with Crippen molar-refractivity contribution >= 4 is 12.0 Å². The molecule has 5 heteroatoms. The summed E-state index contributed by atoms with van der Waals surface area (Å²) in [5.74, 6) is -1.02. The van der Waals surface area contributed by atoms with Crippen LogP contribution in [0.3, 0.4) is 0 Å². The molecule has 15 heavy (non-hydrogen) atoms. The first-order valence-corrected chi connectivity index (χ1v) is 4.88. The van der Waals surface area contributed by atoms with Crippen molar-refractivity contribution in [2.24, 2.45) is 0 Å². The SMILES string of the molecule is CC[C@H](NC(=O)NCC=C(C)C)C(=O)O. The summed E-state index contributed by atoms with van der Waals surface area (Å²) < 4.78 is 0. The third kappa shape index (κ3) is 6.54. The number of urea groups is 1. The minimum Gasteiger partial charge on any atom is -0.480 e. The Morgan fingerprint density at radius 1 is 1.40 bits per heavy atom. The van der Waals surface area contributed by atoms with Gasteiger partial charge in [-0.1, -0.05) is 18.6 Å². The molecule has 0 saturated heterocycles. The maximum Gasteiger partial charge on any atom is 0.326 e. The Bertz CT molecular complexity index is 257. The fourth-order valence-corrected chi connectivity index (χ4v) is 0.896. The number of allylic oxidation sites excluding steroid dienone is 1. The van der Waals surface area contributed by atoms with E-state index in [1.807, 2.05) is 19.9 Å². The van der Waals surface area contributed by atoms with Crippen molar-refractivity contribution in [2.75, 3.05) is 6.54 Å². The van der Waals surface area contributed by atoms with Crippen LogP contribution >= 0.6 is 0 Å². The lowest BCUT2D eigenvalue weighted by molar-refractivity contribution is -0.139. The van der Waals surface area contributed by atoms with Gasteiger partial charge >= 0.3 is 12.0 Å². The zero-order valence-electron chi connectivity index (χ0n) is 9.33. The normalized spacial score (nSPS) is 11.4. The highest BCUT2D eigenvalue weighted by Crippen LogP contribution is 1.90. The van der Waals surface area contributed by atoms with Gasteiger partial charge in [0.25, 0.3) is 0 Å². The maximum absolute atomic E-state index is 11.2. The molecule has 2 amide bonds.